The van der Waals surface area contributed by atoms with E-state index in [2.05, 4.69) is 32.5 Å². The topological polar surface area (TPSA) is 88.8 Å². The Bertz CT molecular complexity index is 514. The lowest BCUT2D eigenvalue weighted by Gasteiger charge is -2.11. The molecule has 4 N–H and O–H groups in total. The summed E-state index contributed by atoms with van der Waals surface area (Å²) in [6.45, 7) is 2.99. The summed E-state index contributed by atoms with van der Waals surface area (Å²) in [5.74, 6) is 1.25. The number of rotatable bonds is 6. The van der Waals surface area contributed by atoms with Gasteiger partial charge in [-0.25, -0.2) is 9.97 Å². The molecule has 0 aliphatic rings. The number of nitrogens with two attached hydrogens (primary N) is 1. The predicted molar refractivity (Wildman–Crippen MR) is 77.4 cm³/mol. The summed E-state index contributed by atoms with van der Waals surface area (Å²) >= 11 is 0. The minimum atomic E-state index is 0.516. The van der Waals surface area contributed by atoms with Crippen molar-refractivity contribution in [3.63, 3.8) is 0 Å². The van der Waals surface area contributed by atoms with Crippen LogP contribution in [0.2, 0.25) is 0 Å². The van der Waals surface area contributed by atoms with Crippen LogP contribution in [0.4, 0.5) is 23.0 Å². The lowest BCUT2D eigenvalue weighted by atomic mass is 10.3. The standard InChI is InChI=1S/C13H18N6/c1-2-3-7-16-12-11(14)13(18-9-17-12)19-10-5-4-6-15-8-10/h4-6,8-9H,2-3,7,14H2,1H3,(H2,16,17,18,19). The second kappa shape index (κ2) is 6.53. The van der Waals surface area contributed by atoms with Crippen LogP contribution in [0.15, 0.2) is 30.9 Å². The molecule has 0 saturated carbocycles. The molecule has 0 aliphatic heterocycles. The summed E-state index contributed by atoms with van der Waals surface area (Å²) in [6.07, 6.45) is 7.12. The SMILES string of the molecule is CCCCNc1ncnc(Nc2cccnc2)c1N. The maximum absolute atomic E-state index is 6.04. The third-order valence-electron chi connectivity index (χ3n) is 2.63. The van der Waals surface area contributed by atoms with E-state index in [1.54, 1.807) is 12.4 Å². The van der Waals surface area contributed by atoms with E-state index in [4.69, 9.17) is 5.73 Å². The van der Waals surface area contributed by atoms with Crippen molar-refractivity contribution in [3.05, 3.63) is 30.9 Å². The molecular formula is C13H18N6. The van der Waals surface area contributed by atoms with Gasteiger partial charge in [-0.15, -0.1) is 0 Å². The molecule has 0 amide bonds. The Morgan fingerprint density at radius 2 is 2.11 bits per heavy atom. The highest BCUT2D eigenvalue weighted by Gasteiger charge is 2.07. The van der Waals surface area contributed by atoms with E-state index in [9.17, 15) is 0 Å². The average molecular weight is 258 g/mol. The third kappa shape index (κ3) is 3.54. The fourth-order valence-corrected chi connectivity index (χ4v) is 1.59. The van der Waals surface area contributed by atoms with Gasteiger partial charge in [0.05, 0.1) is 11.9 Å². The van der Waals surface area contributed by atoms with Gasteiger partial charge < -0.3 is 16.4 Å². The molecule has 0 unspecified atom stereocenters. The second-order valence-corrected chi connectivity index (χ2v) is 4.13. The monoisotopic (exact) mass is 258 g/mol. The zero-order valence-corrected chi connectivity index (χ0v) is 10.9. The fraction of sp³-hybridized carbons (Fsp3) is 0.308. The zero-order valence-electron chi connectivity index (χ0n) is 10.9. The Morgan fingerprint density at radius 1 is 1.26 bits per heavy atom. The summed E-state index contributed by atoms with van der Waals surface area (Å²) in [7, 11) is 0. The molecule has 2 rings (SSSR count). The van der Waals surface area contributed by atoms with E-state index in [0.29, 0.717) is 17.3 Å². The molecule has 0 atom stereocenters. The summed E-state index contributed by atoms with van der Waals surface area (Å²) in [6, 6.07) is 3.75. The number of aromatic nitrogens is 3. The smallest absolute Gasteiger partial charge is 0.159 e. The van der Waals surface area contributed by atoms with Crippen LogP contribution in [0.1, 0.15) is 19.8 Å². The van der Waals surface area contributed by atoms with Crippen molar-refractivity contribution in [2.24, 2.45) is 0 Å². The summed E-state index contributed by atoms with van der Waals surface area (Å²) < 4.78 is 0. The lowest BCUT2D eigenvalue weighted by molar-refractivity contribution is 0.831. The molecule has 6 nitrogen and oxygen atoms in total. The van der Waals surface area contributed by atoms with Gasteiger partial charge in [0.2, 0.25) is 0 Å². The molecule has 0 bridgehead atoms. The van der Waals surface area contributed by atoms with Gasteiger partial charge in [0.25, 0.3) is 0 Å². The minimum Gasteiger partial charge on any atom is -0.393 e. The Balaban J connectivity index is 2.11. The zero-order chi connectivity index (χ0) is 13.5. The molecule has 0 aliphatic carbocycles. The van der Waals surface area contributed by atoms with Gasteiger partial charge in [0, 0.05) is 12.7 Å². The molecular weight excluding hydrogens is 240 g/mol. The van der Waals surface area contributed by atoms with E-state index in [1.165, 1.54) is 6.33 Å². The fourth-order valence-electron chi connectivity index (χ4n) is 1.59. The molecule has 0 aromatic carbocycles. The van der Waals surface area contributed by atoms with E-state index >= 15 is 0 Å². The number of unbranched alkanes of at least 4 members (excludes halogenated alkanes) is 1. The number of anilines is 4. The van der Waals surface area contributed by atoms with Crippen molar-refractivity contribution < 1.29 is 0 Å². The van der Waals surface area contributed by atoms with Gasteiger partial charge in [-0.2, -0.15) is 0 Å². The third-order valence-corrected chi connectivity index (χ3v) is 2.63. The van der Waals surface area contributed by atoms with Crippen LogP contribution in [-0.4, -0.2) is 21.5 Å². The first-order valence-corrected chi connectivity index (χ1v) is 6.32. The Kier molecular flexibility index (Phi) is 4.49. The molecule has 2 heterocycles. The number of pyridine rings is 1. The normalized spacial score (nSPS) is 10.2. The van der Waals surface area contributed by atoms with Crippen LogP contribution < -0.4 is 16.4 Å². The van der Waals surface area contributed by atoms with Gasteiger partial charge in [-0.05, 0) is 18.6 Å². The molecule has 6 heteroatoms. The average Bonchev–Trinajstić information content (AvgIpc) is 2.44. The first-order chi connectivity index (χ1) is 9.31. The Labute approximate surface area is 112 Å². The van der Waals surface area contributed by atoms with Crippen molar-refractivity contribution in [2.75, 3.05) is 22.9 Å². The summed E-state index contributed by atoms with van der Waals surface area (Å²) in [5, 5.41) is 6.33. The van der Waals surface area contributed by atoms with E-state index in [0.717, 1.165) is 25.1 Å². The largest absolute Gasteiger partial charge is 0.393 e. The van der Waals surface area contributed by atoms with Crippen molar-refractivity contribution in [3.8, 4) is 0 Å². The molecule has 0 fully saturated rings. The molecule has 0 spiro atoms. The number of hydrogen-bond donors (Lipinski definition) is 3. The van der Waals surface area contributed by atoms with Crippen LogP contribution in [-0.2, 0) is 0 Å². The van der Waals surface area contributed by atoms with Crippen LogP contribution in [0.5, 0.6) is 0 Å². The second-order valence-electron chi connectivity index (χ2n) is 4.13. The number of nitrogen functional groups attached to an aromatic ring is 1. The van der Waals surface area contributed by atoms with Crippen LogP contribution in [0, 0.1) is 0 Å². The van der Waals surface area contributed by atoms with Crippen LogP contribution in [0.25, 0.3) is 0 Å². The van der Waals surface area contributed by atoms with Crippen molar-refractivity contribution in [1.29, 1.82) is 0 Å². The van der Waals surface area contributed by atoms with Gasteiger partial charge in [-0.3, -0.25) is 4.98 Å². The first-order valence-electron chi connectivity index (χ1n) is 6.32. The molecule has 0 radical (unpaired) electrons. The number of nitrogens with one attached hydrogen (secondary N) is 2. The van der Waals surface area contributed by atoms with Gasteiger partial charge in [-0.1, -0.05) is 13.3 Å². The highest BCUT2D eigenvalue weighted by molar-refractivity contribution is 5.77. The number of nitrogens with zero attached hydrogens (tertiary/aromatic N) is 3. The van der Waals surface area contributed by atoms with Gasteiger partial charge in [0.15, 0.2) is 11.6 Å². The molecule has 0 saturated heterocycles. The summed E-state index contributed by atoms with van der Waals surface area (Å²) in [4.78, 5) is 12.3. The number of hydrogen-bond acceptors (Lipinski definition) is 6. The highest BCUT2D eigenvalue weighted by Crippen LogP contribution is 2.25. The molecule has 2 aromatic heterocycles. The van der Waals surface area contributed by atoms with Crippen molar-refractivity contribution in [2.45, 2.75) is 19.8 Å². The molecule has 19 heavy (non-hydrogen) atoms. The van der Waals surface area contributed by atoms with Crippen LogP contribution in [0.3, 0.4) is 0 Å². The first kappa shape index (κ1) is 13.1. The highest BCUT2D eigenvalue weighted by atomic mass is 15.1. The maximum Gasteiger partial charge on any atom is 0.159 e. The lowest BCUT2D eigenvalue weighted by Crippen LogP contribution is -2.09. The minimum absolute atomic E-state index is 0.516. The van der Waals surface area contributed by atoms with E-state index in [-0.39, 0.29) is 0 Å². The van der Waals surface area contributed by atoms with Crippen molar-refractivity contribution in [1.82, 2.24) is 15.0 Å². The van der Waals surface area contributed by atoms with Crippen molar-refractivity contribution >= 4 is 23.0 Å². The van der Waals surface area contributed by atoms with E-state index in [1.807, 2.05) is 12.1 Å². The van der Waals surface area contributed by atoms with Gasteiger partial charge >= 0.3 is 0 Å². The molecule has 2 aromatic rings. The van der Waals surface area contributed by atoms with Crippen LogP contribution >= 0.6 is 0 Å². The molecule has 100 valence electrons. The van der Waals surface area contributed by atoms with Gasteiger partial charge in [0.1, 0.15) is 12.0 Å². The predicted octanol–water partition coefficient (Wildman–Crippen LogP) is 2.41. The quantitative estimate of drug-likeness (QED) is 0.689. The Morgan fingerprint density at radius 3 is 2.84 bits per heavy atom. The summed E-state index contributed by atoms with van der Waals surface area (Å²) in [5.41, 5.74) is 7.40. The van der Waals surface area contributed by atoms with E-state index < -0.39 is 0 Å². The maximum atomic E-state index is 6.04. The Hall–Kier alpha value is -2.37.